The monoisotopic (exact) mass is 292 g/mol. The summed E-state index contributed by atoms with van der Waals surface area (Å²) in [7, 11) is 0. The molecule has 0 saturated carbocycles. The number of imidazole rings is 1. The molecule has 1 amide bonds. The number of nitrogens with one attached hydrogen (secondary N) is 1. The van der Waals surface area contributed by atoms with Crippen LogP contribution in [0.3, 0.4) is 0 Å². The fourth-order valence-electron chi connectivity index (χ4n) is 1.94. The maximum Gasteiger partial charge on any atom is 0.241 e. The molecular formula is C14H17ClN4O. The summed E-state index contributed by atoms with van der Waals surface area (Å²) in [5.41, 5.74) is 7.12. The Morgan fingerprint density at radius 2 is 2.35 bits per heavy atom. The van der Waals surface area contributed by atoms with Gasteiger partial charge in [0.2, 0.25) is 5.91 Å². The van der Waals surface area contributed by atoms with E-state index in [1.165, 1.54) is 0 Å². The van der Waals surface area contributed by atoms with Gasteiger partial charge in [-0.05, 0) is 18.6 Å². The Balaban J connectivity index is 2.29. The van der Waals surface area contributed by atoms with Gasteiger partial charge in [-0.25, -0.2) is 4.98 Å². The summed E-state index contributed by atoms with van der Waals surface area (Å²) in [6.45, 7) is 1.99. The molecule has 0 aliphatic rings. The second-order valence-corrected chi connectivity index (χ2v) is 4.90. The van der Waals surface area contributed by atoms with Gasteiger partial charge in [0.15, 0.2) is 0 Å². The van der Waals surface area contributed by atoms with Crippen molar-refractivity contribution in [1.82, 2.24) is 9.55 Å². The molecule has 0 unspecified atom stereocenters. The largest absolute Gasteiger partial charge is 0.323 e. The van der Waals surface area contributed by atoms with E-state index in [0.717, 1.165) is 6.42 Å². The maximum absolute atomic E-state index is 12.0. The molecule has 1 atom stereocenters. The molecule has 0 aliphatic heterocycles. The molecule has 0 fully saturated rings. The van der Waals surface area contributed by atoms with E-state index in [0.29, 0.717) is 22.8 Å². The quantitative estimate of drug-likeness (QED) is 0.889. The lowest BCUT2D eigenvalue weighted by atomic mass is 10.1. The second-order valence-electron chi connectivity index (χ2n) is 4.49. The molecular weight excluding hydrogens is 276 g/mol. The zero-order valence-corrected chi connectivity index (χ0v) is 12.0. The Morgan fingerprint density at radius 1 is 1.55 bits per heavy atom. The van der Waals surface area contributed by atoms with Gasteiger partial charge in [-0.1, -0.05) is 31.0 Å². The lowest BCUT2D eigenvalue weighted by molar-refractivity contribution is -0.117. The molecule has 3 N–H and O–H groups in total. The lowest BCUT2D eigenvalue weighted by Gasteiger charge is -2.15. The van der Waals surface area contributed by atoms with Gasteiger partial charge in [0, 0.05) is 12.4 Å². The van der Waals surface area contributed by atoms with Crippen LogP contribution in [0, 0.1) is 0 Å². The first-order valence-electron chi connectivity index (χ1n) is 6.46. The molecule has 106 valence electrons. The number of anilines is 1. The first-order chi connectivity index (χ1) is 9.63. The van der Waals surface area contributed by atoms with Crippen molar-refractivity contribution in [1.29, 1.82) is 0 Å². The first-order valence-corrected chi connectivity index (χ1v) is 6.84. The van der Waals surface area contributed by atoms with Gasteiger partial charge < -0.3 is 15.6 Å². The van der Waals surface area contributed by atoms with E-state index in [1.807, 2.05) is 6.92 Å². The summed E-state index contributed by atoms with van der Waals surface area (Å²) >= 11 is 6.21. The summed E-state index contributed by atoms with van der Waals surface area (Å²) in [5, 5.41) is 3.36. The van der Waals surface area contributed by atoms with E-state index in [4.69, 9.17) is 17.3 Å². The fraction of sp³-hybridized carbons (Fsp3) is 0.286. The van der Waals surface area contributed by atoms with E-state index in [9.17, 15) is 4.79 Å². The van der Waals surface area contributed by atoms with Crippen LogP contribution < -0.4 is 11.1 Å². The first kappa shape index (κ1) is 14.6. The third kappa shape index (κ3) is 3.18. The number of rotatable bonds is 5. The topological polar surface area (TPSA) is 72.9 Å². The van der Waals surface area contributed by atoms with E-state index in [1.54, 1.807) is 41.5 Å². The molecule has 20 heavy (non-hydrogen) atoms. The van der Waals surface area contributed by atoms with Crippen LogP contribution in [0.2, 0.25) is 5.02 Å². The third-order valence-electron chi connectivity index (χ3n) is 2.94. The molecule has 2 aromatic rings. The number of nitrogens with zero attached hydrogens (tertiary/aromatic N) is 2. The van der Waals surface area contributed by atoms with Crippen molar-refractivity contribution in [2.45, 2.75) is 25.8 Å². The highest BCUT2D eigenvalue weighted by molar-refractivity contribution is 6.33. The van der Waals surface area contributed by atoms with Crippen molar-refractivity contribution in [3.05, 3.63) is 41.9 Å². The second kappa shape index (κ2) is 6.54. The Labute approximate surface area is 122 Å². The standard InChI is InChI=1S/C14H17ClN4O/c1-2-4-11(16)14(20)18-12-6-3-5-10(15)13(12)19-8-7-17-9-19/h3,5-9,11H,2,4,16H2,1H3,(H,18,20)/t11-/m0/s1. The molecule has 0 aliphatic carbocycles. The Bertz CT molecular complexity index is 583. The summed E-state index contributed by atoms with van der Waals surface area (Å²) < 4.78 is 1.75. The maximum atomic E-state index is 12.0. The highest BCUT2D eigenvalue weighted by Crippen LogP contribution is 2.28. The number of nitrogens with two attached hydrogens (primary N) is 1. The number of benzene rings is 1. The van der Waals surface area contributed by atoms with Gasteiger partial charge in [0.25, 0.3) is 0 Å². The van der Waals surface area contributed by atoms with Crippen LogP contribution in [0.1, 0.15) is 19.8 Å². The highest BCUT2D eigenvalue weighted by Gasteiger charge is 2.16. The predicted molar refractivity (Wildman–Crippen MR) is 80.1 cm³/mol. The summed E-state index contributed by atoms with van der Waals surface area (Å²) in [5.74, 6) is -0.213. The van der Waals surface area contributed by atoms with Crippen LogP contribution in [0.25, 0.3) is 5.69 Å². The normalized spacial score (nSPS) is 12.2. The number of carbonyl (C=O) groups excluding carboxylic acids is 1. The zero-order valence-electron chi connectivity index (χ0n) is 11.2. The van der Waals surface area contributed by atoms with Crippen molar-refractivity contribution in [2.24, 2.45) is 5.73 Å². The van der Waals surface area contributed by atoms with E-state index >= 15 is 0 Å². The SMILES string of the molecule is CCC[C@H](N)C(=O)Nc1cccc(Cl)c1-n1ccnc1. The van der Waals surface area contributed by atoms with Crippen molar-refractivity contribution < 1.29 is 4.79 Å². The summed E-state index contributed by atoms with van der Waals surface area (Å²) in [6, 6.07) is 4.81. The van der Waals surface area contributed by atoms with Crippen molar-refractivity contribution in [3.8, 4) is 5.69 Å². The van der Waals surface area contributed by atoms with Crippen LogP contribution in [0.5, 0.6) is 0 Å². The summed E-state index contributed by atoms with van der Waals surface area (Å²) in [4.78, 5) is 16.0. The van der Waals surface area contributed by atoms with E-state index in [2.05, 4.69) is 10.3 Å². The van der Waals surface area contributed by atoms with Crippen molar-refractivity contribution in [3.63, 3.8) is 0 Å². The Morgan fingerprint density at radius 3 is 3.00 bits per heavy atom. The molecule has 1 aromatic carbocycles. The minimum atomic E-state index is -0.519. The smallest absolute Gasteiger partial charge is 0.241 e. The van der Waals surface area contributed by atoms with Gasteiger partial charge in [-0.3, -0.25) is 4.79 Å². The number of halogens is 1. The van der Waals surface area contributed by atoms with Crippen molar-refractivity contribution >= 4 is 23.2 Å². The Hall–Kier alpha value is -1.85. The van der Waals surface area contributed by atoms with E-state index < -0.39 is 6.04 Å². The van der Waals surface area contributed by atoms with Crippen LogP contribution in [-0.4, -0.2) is 21.5 Å². The zero-order chi connectivity index (χ0) is 14.5. The number of carbonyl (C=O) groups is 1. The molecule has 2 rings (SSSR count). The van der Waals surface area contributed by atoms with Gasteiger partial charge >= 0.3 is 0 Å². The number of para-hydroxylation sites is 1. The molecule has 1 aromatic heterocycles. The molecule has 6 heteroatoms. The lowest BCUT2D eigenvalue weighted by Crippen LogP contribution is -2.35. The molecule has 0 spiro atoms. The molecule has 0 saturated heterocycles. The Kier molecular flexibility index (Phi) is 4.76. The third-order valence-corrected chi connectivity index (χ3v) is 3.25. The van der Waals surface area contributed by atoms with Gasteiger partial charge in [-0.15, -0.1) is 0 Å². The van der Waals surface area contributed by atoms with Crippen LogP contribution in [-0.2, 0) is 4.79 Å². The number of hydrogen-bond acceptors (Lipinski definition) is 3. The summed E-state index contributed by atoms with van der Waals surface area (Å²) in [6.07, 6.45) is 6.55. The number of hydrogen-bond donors (Lipinski definition) is 2. The van der Waals surface area contributed by atoms with Crippen LogP contribution >= 0.6 is 11.6 Å². The molecule has 1 heterocycles. The number of aromatic nitrogens is 2. The highest BCUT2D eigenvalue weighted by atomic mass is 35.5. The van der Waals surface area contributed by atoms with E-state index in [-0.39, 0.29) is 5.91 Å². The van der Waals surface area contributed by atoms with Crippen LogP contribution in [0.4, 0.5) is 5.69 Å². The predicted octanol–water partition coefficient (Wildman–Crippen LogP) is 2.59. The van der Waals surface area contributed by atoms with Gasteiger partial charge in [0.05, 0.1) is 28.8 Å². The average Bonchev–Trinajstić information content (AvgIpc) is 2.92. The average molecular weight is 293 g/mol. The number of amides is 1. The minimum Gasteiger partial charge on any atom is -0.323 e. The van der Waals surface area contributed by atoms with Gasteiger partial charge in [0.1, 0.15) is 0 Å². The van der Waals surface area contributed by atoms with Crippen LogP contribution in [0.15, 0.2) is 36.9 Å². The van der Waals surface area contributed by atoms with Crippen molar-refractivity contribution in [2.75, 3.05) is 5.32 Å². The minimum absolute atomic E-state index is 0.213. The molecule has 0 radical (unpaired) electrons. The molecule has 5 nitrogen and oxygen atoms in total. The fourth-order valence-corrected chi connectivity index (χ4v) is 2.21. The van der Waals surface area contributed by atoms with Gasteiger partial charge in [-0.2, -0.15) is 0 Å². The molecule has 0 bridgehead atoms.